The molecule has 1 atom stereocenters. The van der Waals surface area contributed by atoms with Crippen molar-refractivity contribution in [3.8, 4) is 0 Å². The molecule has 76 valence electrons. The number of pyridine rings is 1. The lowest BCUT2D eigenvalue weighted by atomic mass is 10.1. The smallest absolute Gasteiger partial charge is 0.161 e. The quantitative estimate of drug-likeness (QED) is 0.317. The summed E-state index contributed by atoms with van der Waals surface area (Å²) in [5, 5.41) is 11.6. The maximum Gasteiger partial charge on any atom is 0.161 e. The third-order valence-electron chi connectivity index (χ3n) is 1.91. The predicted molar refractivity (Wildman–Crippen MR) is 54.1 cm³/mol. The number of amidine groups is 1. The molecule has 0 radical (unpaired) electrons. The summed E-state index contributed by atoms with van der Waals surface area (Å²) in [5.41, 5.74) is 6.48. The Morgan fingerprint density at radius 1 is 1.64 bits per heavy atom. The minimum Gasteiger partial charge on any atom is -0.409 e. The molecule has 1 aromatic heterocycles. The fourth-order valence-corrected chi connectivity index (χ4v) is 1.33. The third-order valence-corrected chi connectivity index (χ3v) is 1.91. The van der Waals surface area contributed by atoms with Crippen LogP contribution < -0.4 is 5.73 Å². The molecule has 0 amide bonds. The molecule has 0 unspecified atom stereocenters. The molecule has 1 heterocycles. The summed E-state index contributed by atoms with van der Waals surface area (Å²) in [6.45, 7) is 0. The highest BCUT2D eigenvalue weighted by Gasteiger charge is 2.18. The molecule has 1 rings (SSSR count). The molecule has 0 aromatic carbocycles. The van der Waals surface area contributed by atoms with Crippen LogP contribution in [0, 0.1) is 0 Å². The van der Waals surface area contributed by atoms with E-state index in [1.54, 1.807) is 12.4 Å². The Morgan fingerprint density at radius 2 is 2.36 bits per heavy atom. The van der Waals surface area contributed by atoms with E-state index >= 15 is 0 Å². The second-order valence-corrected chi connectivity index (χ2v) is 3.18. The minimum atomic E-state index is -0.242. The molecule has 0 aliphatic heterocycles. The maximum absolute atomic E-state index is 8.63. The first-order valence-electron chi connectivity index (χ1n) is 4.20. The summed E-state index contributed by atoms with van der Waals surface area (Å²) in [5.74, 6) is 0.156. The maximum atomic E-state index is 8.63. The van der Waals surface area contributed by atoms with Gasteiger partial charge in [-0.2, -0.15) is 0 Å². The van der Waals surface area contributed by atoms with E-state index in [4.69, 9.17) is 10.9 Å². The van der Waals surface area contributed by atoms with E-state index in [0.29, 0.717) is 0 Å². The zero-order valence-electron chi connectivity index (χ0n) is 8.25. The Labute approximate surface area is 82.9 Å². The molecule has 3 N–H and O–H groups in total. The minimum absolute atomic E-state index is 0.156. The summed E-state index contributed by atoms with van der Waals surface area (Å²) in [6.07, 6.45) is 3.38. The van der Waals surface area contributed by atoms with Crippen molar-refractivity contribution < 1.29 is 5.21 Å². The Kier molecular flexibility index (Phi) is 3.41. The predicted octanol–water partition coefficient (Wildman–Crippen LogP) is 0.431. The van der Waals surface area contributed by atoms with Gasteiger partial charge in [0.1, 0.15) is 0 Å². The monoisotopic (exact) mass is 194 g/mol. The molecule has 0 saturated heterocycles. The molecule has 0 aliphatic carbocycles. The van der Waals surface area contributed by atoms with Gasteiger partial charge in [0.2, 0.25) is 0 Å². The van der Waals surface area contributed by atoms with Gasteiger partial charge < -0.3 is 10.9 Å². The van der Waals surface area contributed by atoms with Crippen LogP contribution in [-0.2, 0) is 0 Å². The van der Waals surface area contributed by atoms with Gasteiger partial charge in [-0.1, -0.05) is 11.2 Å². The van der Waals surface area contributed by atoms with Crippen LogP contribution >= 0.6 is 0 Å². The number of rotatable bonds is 3. The summed E-state index contributed by atoms with van der Waals surface area (Å²) in [7, 11) is 3.71. The van der Waals surface area contributed by atoms with Crippen molar-refractivity contribution in [3.05, 3.63) is 30.1 Å². The SMILES string of the molecule is CN(C)[C@@H](C(N)=NO)c1cccnc1. The first-order valence-corrected chi connectivity index (χ1v) is 4.20. The summed E-state index contributed by atoms with van der Waals surface area (Å²) < 4.78 is 0. The molecule has 0 spiro atoms. The van der Waals surface area contributed by atoms with Crippen LogP contribution in [0.15, 0.2) is 29.7 Å². The summed E-state index contributed by atoms with van der Waals surface area (Å²) in [4.78, 5) is 5.84. The Bertz CT molecular complexity index is 310. The van der Waals surface area contributed by atoms with Crippen LogP contribution in [0.4, 0.5) is 0 Å². The highest BCUT2D eigenvalue weighted by Crippen LogP contribution is 2.16. The second-order valence-electron chi connectivity index (χ2n) is 3.18. The van der Waals surface area contributed by atoms with Gasteiger partial charge in [0.25, 0.3) is 0 Å². The van der Waals surface area contributed by atoms with Gasteiger partial charge in [-0.3, -0.25) is 9.88 Å². The highest BCUT2D eigenvalue weighted by molar-refractivity contribution is 5.86. The van der Waals surface area contributed by atoms with Crippen LogP contribution in [-0.4, -0.2) is 35.0 Å². The van der Waals surface area contributed by atoms with Gasteiger partial charge in [-0.05, 0) is 25.7 Å². The molecule has 0 bridgehead atoms. The molecule has 0 fully saturated rings. The second kappa shape index (κ2) is 4.57. The number of hydrogen-bond donors (Lipinski definition) is 2. The molecule has 5 nitrogen and oxygen atoms in total. The standard InChI is InChI=1S/C9H14N4O/c1-13(2)8(9(10)12-14)7-4-3-5-11-6-7/h3-6,8,14H,1-2H3,(H2,10,12)/t8-/m1/s1. The molecule has 0 aliphatic rings. The molecule has 1 aromatic rings. The first-order chi connectivity index (χ1) is 6.66. The lowest BCUT2D eigenvalue weighted by molar-refractivity contribution is 0.301. The van der Waals surface area contributed by atoms with Crippen LogP contribution in [0.2, 0.25) is 0 Å². The summed E-state index contributed by atoms with van der Waals surface area (Å²) >= 11 is 0. The van der Waals surface area contributed by atoms with E-state index < -0.39 is 0 Å². The normalized spacial score (nSPS) is 14.4. The Morgan fingerprint density at radius 3 is 2.79 bits per heavy atom. The van der Waals surface area contributed by atoms with Gasteiger partial charge >= 0.3 is 0 Å². The number of likely N-dealkylation sites (N-methyl/N-ethyl adjacent to an activating group) is 1. The van der Waals surface area contributed by atoms with Gasteiger partial charge in [-0.25, -0.2) is 0 Å². The molecule has 5 heteroatoms. The fraction of sp³-hybridized carbons (Fsp3) is 0.333. The third kappa shape index (κ3) is 2.20. The van der Waals surface area contributed by atoms with E-state index in [1.807, 2.05) is 31.1 Å². The largest absolute Gasteiger partial charge is 0.409 e. The zero-order chi connectivity index (χ0) is 10.6. The molecular weight excluding hydrogens is 180 g/mol. The molecule has 0 saturated carbocycles. The van der Waals surface area contributed by atoms with Crippen molar-refractivity contribution in [2.45, 2.75) is 6.04 Å². The number of aromatic nitrogens is 1. The van der Waals surface area contributed by atoms with E-state index in [2.05, 4.69) is 10.1 Å². The van der Waals surface area contributed by atoms with Crippen molar-refractivity contribution in [2.75, 3.05) is 14.1 Å². The highest BCUT2D eigenvalue weighted by atomic mass is 16.4. The number of hydrogen-bond acceptors (Lipinski definition) is 4. The lowest BCUT2D eigenvalue weighted by Gasteiger charge is -2.22. The summed E-state index contributed by atoms with van der Waals surface area (Å²) in [6, 6.07) is 3.46. The van der Waals surface area contributed by atoms with Crippen molar-refractivity contribution >= 4 is 5.84 Å². The van der Waals surface area contributed by atoms with Gasteiger partial charge in [-0.15, -0.1) is 0 Å². The van der Waals surface area contributed by atoms with E-state index in [0.717, 1.165) is 5.56 Å². The first kappa shape index (κ1) is 10.5. The van der Waals surface area contributed by atoms with E-state index in [9.17, 15) is 0 Å². The Balaban J connectivity index is 3.01. The lowest BCUT2D eigenvalue weighted by Crippen LogP contribution is -2.33. The number of nitrogens with two attached hydrogens (primary N) is 1. The topological polar surface area (TPSA) is 74.7 Å². The van der Waals surface area contributed by atoms with Gasteiger partial charge in [0.05, 0.1) is 6.04 Å². The van der Waals surface area contributed by atoms with Gasteiger partial charge in [0, 0.05) is 12.4 Å². The van der Waals surface area contributed by atoms with Gasteiger partial charge in [0.15, 0.2) is 5.84 Å². The Hall–Kier alpha value is -1.62. The van der Waals surface area contributed by atoms with E-state index in [1.165, 1.54) is 0 Å². The van der Waals surface area contributed by atoms with Crippen LogP contribution in [0.3, 0.4) is 0 Å². The van der Waals surface area contributed by atoms with Crippen molar-refractivity contribution in [2.24, 2.45) is 10.9 Å². The fourth-order valence-electron chi connectivity index (χ4n) is 1.33. The van der Waals surface area contributed by atoms with Crippen molar-refractivity contribution in [3.63, 3.8) is 0 Å². The average Bonchev–Trinajstić information content (AvgIpc) is 2.19. The van der Waals surface area contributed by atoms with Crippen LogP contribution in [0.5, 0.6) is 0 Å². The molecule has 14 heavy (non-hydrogen) atoms. The average molecular weight is 194 g/mol. The molecular formula is C9H14N4O. The van der Waals surface area contributed by atoms with Crippen LogP contribution in [0.1, 0.15) is 11.6 Å². The van der Waals surface area contributed by atoms with Crippen molar-refractivity contribution in [1.29, 1.82) is 0 Å². The number of oxime groups is 1. The number of nitrogens with zero attached hydrogens (tertiary/aromatic N) is 3. The van der Waals surface area contributed by atoms with Crippen molar-refractivity contribution in [1.82, 2.24) is 9.88 Å². The van der Waals surface area contributed by atoms with E-state index in [-0.39, 0.29) is 11.9 Å². The van der Waals surface area contributed by atoms with Crippen LogP contribution in [0.25, 0.3) is 0 Å². The zero-order valence-corrected chi connectivity index (χ0v) is 8.25.